The van der Waals surface area contributed by atoms with E-state index in [-0.39, 0.29) is 6.17 Å². The molecule has 4 heteroatoms. The van der Waals surface area contributed by atoms with Crippen LogP contribution in [0.5, 0.6) is 0 Å². The molecular formula is C42H27N3O. The van der Waals surface area contributed by atoms with Gasteiger partial charge in [0.1, 0.15) is 23.2 Å². The molecule has 216 valence electrons. The summed E-state index contributed by atoms with van der Waals surface area (Å²) in [6, 6.07) is 51.5. The first-order chi connectivity index (χ1) is 22.8. The van der Waals surface area contributed by atoms with Gasteiger partial charge in [-0.25, -0.2) is 0 Å². The molecule has 1 N–H and O–H groups in total. The number of allylic oxidation sites excluding steroid dienone is 1. The van der Waals surface area contributed by atoms with Gasteiger partial charge in [0.15, 0.2) is 0 Å². The van der Waals surface area contributed by atoms with Crippen LogP contribution in [0.2, 0.25) is 0 Å². The quantitative estimate of drug-likeness (QED) is 0.223. The average Bonchev–Trinajstić information content (AvgIpc) is 3.64. The summed E-state index contributed by atoms with van der Waals surface area (Å²) in [5, 5.41) is 13.1. The van der Waals surface area contributed by atoms with Gasteiger partial charge in [0, 0.05) is 33.0 Å². The van der Waals surface area contributed by atoms with Crippen molar-refractivity contribution in [2.45, 2.75) is 6.17 Å². The highest BCUT2D eigenvalue weighted by Gasteiger charge is 2.24. The number of benzene rings is 7. The molecule has 0 bridgehead atoms. The smallest absolute Gasteiger partial charge is 0.146 e. The Labute approximate surface area is 264 Å². The third-order valence-electron chi connectivity index (χ3n) is 9.37. The highest BCUT2D eigenvalue weighted by atomic mass is 16.3. The molecule has 0 saturated carbocycles. The lowest BCUT2D eigenvalue weighted by atomic mass is 10.0. The molecule has 0 amide bonds. The Hall–Kier alpha value is -6.13. The Balaban J connectivity index is 1.30. The molecule has 7 aromatic carbocycles. The zero-order valence-corrected chi connectivity index (χ0v) is 24.8. The van der Waals surface area contributed by atoms with Gasteiger partial charge in [-0.1, -0.05) is 115 Å². The van der Waals surface area contributed by atoms with Crippen LogP contribution in [0, 0.1) is 0 Å². The lowest BCUT2D eigenvalue weighted by Crippen LogP contribution is -2.27. The fraction of sp³-hybridized carbons (Fsp3) is 0.0238. The van der Waals surface area contributed by atoms with Crippen LogP contribution in [0.15, 0.2) is 161 Å². The Kier molecular flexibility index (Phi) is 5.31. The van der Waals surface area contributed by atoms with Crippen molar-refractivity contribution in [2.75, 3.05) is 0 Å². The lowest BCUT2D eigenvalue weighted by Gasteiger charge is -2.26. The van der Waals surface area contributed by atoms with E-state index in [9.17, 15) is 0 Å². The van der Waals surface area contributed by atoms with Crippen LogP contribution in [-0.2, 0) is 0 Å². The monoisotopic (exact) mass is 589 g/mol. The van der Waals surface area contributed by atoms with E-state index in [4.69, 9.17) is 9.41 Å². The van der Waals surface area contributed by atoms with Crippen molar-refractivity contribution in [1.29, 1.82) is 0 Å². The van der Waals surface area contributed by atoms with Crippen molar-refractivity contribution in [3.8, 4) is 0 Å². The Morgan fingerprint density at radius 2 is 1.22 bits per heavy atom. The molecule has 0 spiro atoms. The minimum absolute atomic E-state index is 0.241. The third kappa shape index (κ3) is 3.77. The first-order valence-corrected chi connectivity index (χ1v) is 15.7. The van der Waals surface area contributed by atoms with Gasteiger partial charge in [-0.05, 0) is 57.6 Å². The number of nitrogens with one attached hydrogen (secondary N) is 1. The summed E-state index contributed by atoms with van der Waals surface area (Å²) < 4.78 is 9.04. The van der Waals surface area contributed by atoms with Gasteiger partial charge in [0.05, 0.1) is 16.7 Å². The molecule has 2 aromatic heterocycles. The fourth-order valence-corrected chi connectivity index (χ4v) is 7.17. The second-order valence-corrected chi connectivity index (χ2v) is 12.1. The molecule has 10 rings (SSSR count). The topological polar surface area (TPSA) is 42.5 Å². The fourth-order valence-electron chi connectivity index (χ4n) is 7.17. The molecule has 9 aromatic rings. The van der Waals surface area contributed by atoms with Crippen LogP contribution in [-0.4, -0.2) is 10.3 Å². The molecule has 0 saturated heterocycles. The van der Waals surface area contributed by atoms with Gasteiger partial charge in [-0.15, -0.1) is 0 Å². The van der Waals surface area contributed by atoms with Crippen LogP contribution in [0.3, 0.4) is 0 Å². The van der Waals surface area contributed by atoms with Crippen LogP contribution < -0.4 is 5.32 Å². The van der Waals surface area contributed by atoms with Crippen molar-refractivity contribution < 1.29 is 4.42 Å². The maximum atomic E-state index is 6.66. The molecule has 0 fully saturated rings. The number of fused-ring (bicyclic) bond motifs is 9. The van der Waals surface area contributed by atoms with Crippen LogP contribution >= 0.6 is 0 Å². The molecule has 0 radical (unpaired) electrons. The Morgan fingerprint density at radius 3 is 2.04 bits per heavy atom. The Bertz CT molecular complexity index is 2710. The lowest BCUT2D eigenvalue weighted by molar-refractivity contribution is 0.646. The normalized spacial score (nSPS) is 15.2. The summed E-state index contributed by atoms with van der Waals surface area (Å²) in [5.74, 6) is 0.982. The summed E-state index contributed by atoms with van der Waals surface area (Å²) >= 11 is 0. The van der Waals surface area contributed by atoms with Crippen molar-refractivity contribution in [1.82, 2.24) is 9.88 Å². The number of nitrogens with zero attached hydrogens (tertiary/aromatic N) is 2. The highest BCUT2D eigenvalue weighted by molar-refractivity contribution is 6.22. The van der Waals surface area contributed by atoms with Crippen LogP contribution in [0.4, 0.5) is 0 Å². The number of aliphatic imine (C=N–C) groups is 1. The van der Waals surface area contributed by atoms with Crippen molar-refractivity contribution in [2.24, 2.45) is 4.99 Å². The Morgan fingerprint density at radius 1 is 0.543 bits per heavy atom. The van der Waals surface area contributed by atoms with Gasteiger partial charge >= 0.3 is 0 Å². The van der Waals surface area contributed by atoms with E-state index in [0.29, 0.717) is 0 Å². The van der Waals surface area contributed by atoms with Crippen molar-refractivity contribution in [3.63, 3.8) is 0 Å². The molecular weight excluding hydrogens is 562 g/mol. The standard InChI is InChI=1S/C42H27N3O/c1-3-12-27(13-4-1)36-25-40(44-42(43-36)28-14-5-2-6-15-28)45-37-22-30-17-8-7-16-29(30)21-33(37)34-24-39-35(23-38(34)45)32-20-19-26-11-9-10-18-31(26)41(32)46-39/h1-25,42,44H. The minimum Gasteiger partial charge on any atom is -0.455 e. The predicted molar refractivity (Wildman–Crippen MR) is 191 cm³/mol. The molecule has 4 nitrogen and oxygen atoms in total. The van der Waals surface area contributed by atoms with E-state index >= 15 is 0 Å². The summed E-state index contributed by atoms with van der Waals surface area (Å²) in [5.41, 5.74) is 7.22. The van der Waals surface area contributed by atoms with E-state index in [0.717, 1.165) is 66.4 Å². The summed E-state index contributed by atoms with van der Waals surface area (Å²) in [6.07, 6.45) is 1.95. The zero-order valence-electron chi connectivity index (χ0n) is 24.8. The van der Waals surface area contributed by atoms with Crippen LogP contribution in [0.25, 0.3) is 71.1 Å². The molecule has 1 unspecified atom stereocenters. The first-order valence-electron chi connectivity index (χ1n) is 15.7. The number of furan rings is 1. The molecule has 3 heterocycles. The summed E-state index contributed by atoms with van der Waals surface area (Å²) in [6.45, 7) is 0. The van der Waals surface area contributed by atoms with Gasteiger partial charge in [0.25, 0.3) is 0 Å². The maximum absolute atomic E-state index is 6.66. The number of aromatic nitrogens is 1. The highest BCUT2D eigenvalue weighted by Crippen LogP contribution is 2.41. The average molecular weight is 590 g/mol. The number of hydrogen-bond acceptors (Lipinski definition) is 3. The molecule has 1 atom stereocenters. The van der Waals surface area contributed by atoms with Crippen LogP contribution in [0.1, 0.15) is 17.3 Å². The van der Waals surface area contributed by atoms with Crippen molar-refractivity contribution >= 4 is 76.8 Å². The third-order valence-corrected chi connectivity index (χ3v) is 9.37. The van der Waals surface area contributed by atoms with Gasteiger partial charge in [-0.3, -0.25) is 9.56 Å². The minimum atomic E-state index is -0.241. The first kappa shape index (κ1) is 25.2. The van der Waals surface area contributed by atoms with E-state index in [1.165, 1.54) is 21.5 Å². The second-order valence-electron chi connectivity index (χ2n) is 12.1. The van der Waals surface area contributed by atoms with Crippen molar-refractivity contribution in [3.05, 3.63) is 163 Å². The van der Waals surface area contributed by atoms with E-state index in [2.05, 4.69) is 149 Å². The van der Waals surface area contributed by atoms with E-state index in [1.54, 1.807) is 0 Å². The number of hydrogen-bond donors (Lipinski definition) is 1. The summed E-state index contributed by atoms with van der Waals surface area (Å²) in [4.78, 5) is 5.20. The molecule has 0 aliphatic carbocycles. The van der Waals surface area contributed by atoms with Gasteiger partial charge in [0.2, 0.25) is 0 Å². The van der Waals surface area contributed by atoms with Gasteiger partial charge in [-0.2, -0.15) is 0 Å². The molecule has 1 aliphatic rings. The zero-order chi connectivity index (χ0) is 30.2. The van der Waals surface area contributed by atoms with Gasteiger partial charge < -0.3 is 9.73 Å². The second kappa shape index (κ2) is 9.68. The van der Waals surface area contributed by atoms with E-state index < -0.39 is 0 Å². The predicted octanol–water partition coefficient (Wildman–Crippen LogP) is 10.6. The maximum Gasteiger partial charge on any atom is 0.146 e. The molecule has 1 aliphatic heterocycles. The SMILES string of the molecule is C1=C(n2c3cc4ccccc4cc3c3cc4oc5c6ccccc6ccc5c4cc32)NC(c2ccccc2)N=C1c1ccccc1. The largest absolute Gasteiger partial charge is 0.455 e. The molecule has 46 heavy (non-hydrogen) atoms. The van der Waals surface area contributed by atoms with E-state index in [1.807, 2.05) is 12.1 Å². The number of rotatable bonds is 3. The summed E-state index contributed by atoms with van der Waals surface area (Å²) in [7, 11) is 0.